The van der Waals surface area contributed by atoms with Crippen LogP contribution in [0.25, 0.3) is 28.6 Å². The Labute approximate surface area is 220 Å². The number of amides is 1. The molecule has 0 saturated heterocycles. The van der Waals surface area contributed by atoms with E-state index in [0.717, 1.165) is 29.5 Å². The van der Waals surface area contributed by atoms with Crippen LogP contribution < -0.4 is 26.9 Å². The van der Waals surface area contributed by atoms with Gasteiger partial charge in [0.25, 0.3) is 5.56 Å². The fraction of sp³-hybridized carbons (Fsp3) is 0.370. The lowest BCUT2D eigenvalue weighted by Gasteiger charge is -2.12. The van der Waals surface area contributed by atoms with Crippen LogP contribution in [-0.2, 0) is 11.3 Å². The third kappa shape index (κ3) is 5.83. The topological polar surface area (TPSA) is 114 Å². The van der Waals surface area contributed by atoms with Crippen LogP contribution in [0.15, 0.2) is 50.0 Å². The molecule has 1 amide bonds. The van der Waals surface area contributed by atoms with Crippen molar-refractivity contribution in [1.29, 1.82) is 0 Å². The molecule has 0 atom stereocenters. The fourth-order valence-electron chi connectivity index (χ4n) is 4.28. The highest BCUT2D eigenvalue weighted by Crippen LogP contribution is 2.29. The van der Waals surface area contributed by atoms with Gasteiger partial charge in [-0.3, -0.25) is 14.2 Å². The minimum Gasteiger partial charge on any atom is -0.370 e. The van der Waals surface area contributed by atoms with Gasteiger partial charge in [0.05, 0.1) is 0 Å². The SMILES string of the molecule is CCC1=C(NCCCNC(C)=O)N=c2c(cc(-c3ccc(-c4noc(C)n4)cc3Cl)c(=O)n2CC)=CC1. The first kappa shape index (κ1) is 26.3. The van der Waals surface area contributed by atoms with Crippen LogP contribution in [0.3, 0.4) is 0 Å². The number of aryl methyl sites for hydroxylation is 1. The average Bonchev–Trinajstić information content (AvgIpc) is 3.23. The average molecular weight is 523 g/mol. The fourth-order valence-corrected chi connectivity index (χ4v) is 4.56. The first-order chi connectivity index (χ1) is 17.8. The third-order valence-corrected chi connectivity index (χ3v) is 6.53. The number of nitrogens with one attached hydrogen (secondary N) is 2. The number of benzene rings is 1. The monoisotopic (exact) mass is 522 g/mol. The zero-order valence-electron chi connectivity index (χ0n) is 21.5. The third-order valence-electron chi connectivity index (χ3n) is 6.22. The van der Waals surface area contributed by atoms with Crippen LogP contribution in [0.4, 0.5) is 0 Å². The maximum atomic E-state index is 13.6. The Bertz CT molecular complexity index is 1540. The highest BCUT2D eigenvalue weighted by molar-refractivity contribution is 6.33. The molecule has 3 heterocycles. The Morgan fingerprint density at radius 3 is 2.65 bits per heavy atom. The van der Waals surface area contributed by atoms with E-state index in [9.17, 15) is 9.59 Å². The van der Waals surface area contributed by atoms with E-state index in [4.69, 9.17) is 21.1 Å². The number of rotatable bonds is 9. The number of allylic oxidation sites excluding steroid dienone is 1. The number of halogens is 1. The maximum Gasteiger partial charge on any atom is 0.260 e. The molecule has 0 radical (unpaired) electrons. The summed E-state index contributed by atoms with van der Waals surface area (Å²) in [4.78, 5) is 33.9. The molecule has 3 aromatic rings. The highest BCUT2D eigenvalue weighted by Gasteiger charge is 2.16. The molecule has 4 rings (SSSR count). The van der Waals surface area contributed by atoms with Crippen molar-refractivity contribution in [2.75, 3.05) is 13.1 Å². The molecule has 0 aliphatic carbocycles. The van der Waals surface area contributed by atoms with E-state index in [1.807, 2.05) is 25.1 Å². The summed E-state index contributed by atoms with van der Waals surface area (Å²) in [5.41, 5.74) is 3.48. The van der Waals surface area contributed by atoms with Gasteiger partial charge in [-0.2, -0.15) is 4.98 Å². The minimum absolute atomic E-state index is 0.0430. The first-order valence-electron chi connectivity index (χ1n) is 12.5. The molecule has 194 valence electrons. The summed E-state index contributed by atoms with van der Waals surface area (Å²) in [5.74, 6) is 1.65. The summed E-state index contributed by atoms with van der Waals surface area (Å²) >= 11 is 6.66. The largest absolute Gasteiger partial charge is 0.370 e. The summed E-state index contributed by atoms with van der Waals surface area (Å²) in [6, 6.07) is 7.27. The number of nitrogens with zero attached hydrogens (tertiary/aromatic N) is 4. The van der Waals surface area contributed by atoms with Crippen LogP contribution in [0, 0.1) is 6.92 Å². The zero-order chi connectivity index (χ0) is 26.5. The zero-order valence-corrected chi connectivity index (χ0v) is 22.3. The quantitative estimate of drug-likeness (QED) is 0.417. The molecule has 0 unspecified atom stereocenters. The number of hydrogen-bond acceptors (Lipinski definition) is 7. The Kier molecular flexibility index (Phi) is 8.23. The molecule has 1 aliphatic heterocycles. The van der Waals surface area contributed by atoms with Crippen molar-refractivity contribution in [3.05, 3.63) is 67.6 Å². The molecule has 1 aromatic carbocycles. The van der Waals surface area contributed by atoms with E-state index in [-0.39, 0.29) is 11.5 Å². The molecule has 9 nitrogen and oxygen atoms in total. The van der Waals surface area contributed by atoms with Crippen molar-refractivity contribution in [1.82, 2.24) is 25.3 Å². The Morgan fingerprint density at radius 1 is 1.19 bits per heavy atom. The minimum atomic E-state index is -0.159. The summed E-state index contributed by atoms with van der Waals surface area (Å²) in [6.45, 7) is 8.97. The van der Waals surface area contributed by atoms with E-state index < -0.39 is 0 Å². The molecule has 2 aromatic heterocycles. The van der Waals surface area contributed by atoms with Crippen molar-refractivity contribution in [3.63, 3.8) is 0 Å². The van der Waals surface area contributed by atoms with Gasteiger partial charge in [0.1, 0.15) is 11.3 Å². The second kappa shape index (κ2) is 11.6. The van der Waals surface area contributed by atoms with Gasteiger partial charge in [0.15, 0.2) is 0 Å². The summed E-state index contributed by atoms with van der Waals surface area (Å²) < 4.78 is 6.76. The standard InChI is InChI=1S/C27H31ClN6O3/c1-5-18-8-9-20-14-22(21-11-10-19(15-23(21)28)25-31-17(4)37-33-25)27(36)34(6-2)26(20)32-24(18)30-13-7-12-29-16(3)35/h9-11,14-15,30H,5-8,12-13H2,1-4H3,(H,29,35). The van der Waals surface area contributed by atoms with Gasteiger partial charge < -0.3 is 15.2 Å². The number of fused-ring (bicyclic) bond motifs is 1. The molecular weight excluding hydrogens is 492 g/mol. The molecule has 0 saturated carbocycles. The van der Waals surface area contributed by atoms with Gasteiger partial charge in [0.2, 0.25) is 17.6 Å². The van der Waals surface area contributed by atoms with Gasteiger partial charge in [-0.15, -0.1) is 0 Å². The van der Waals surface area contributed by atoms with Crippen LogP contribution in [0.5, 0.6) is 0 Å². The number of aromatic nitrogens is 3. The lowest BCUT2D eigenvalue weighted by molar-refractivity contribution is -0.118. The van der Waals surface area contributed by atoms with Gasteiger partial charge in [-0.05, 0) is 43.9 Å². The second-order valence-electron chi connectivity index (χ2n) is 8.81. The van der Waals surface area contributed by atoms with E-state index in [2.05, 4.69) is 33.8 Å². The lowest BCUT2D eigenvalue weighted by Crippen LogP contribution is -2.44. The number of carbonyl (C=O) groups excluding carboxylic acids is 1. The van der Waals surface area contributed by atoms with Crippen molar-refractivity contribution < 1.29 is 9.32 Å². The van der Waals surface area contributed by atoms with Gasteiger partial charge in [-0.1, -0.05) is 41.9 Å². The van der Waals surface area contributed by atoms with E-state index >= 15 is 0 Å². The van der Waals surface area contributed by atoms with Crippen molar-refractivity contribution in [2.45, 2.75) is 53.5 Å². The van der Waals surface area contributed by atoms with Gasteiger partial charge in [-0.25, -0.2) is 4.99 Å². The molecular formula is C27H31ClN6O3. The smallest absolute Gasteiger partial charge is 0.260 e. The normalized spacial score (nSPS) is 12.9. The van der Waals surface area contributed by atoms with E-state index in [0.29, 0.717) is 65.0 Å². The van der Waals surface area contributed by atoms with Gasteiger partial charge in [0, 0.05) is 60.4 Å². The Morgan fingerprint density at radius 2 is 2.00 bits per heavy atom. The molecule has 2 N–H and O–H groups in total. The second-order valence-corrected chi connectivity index (χ2v) is 9.21. The number of pyridine rings is 1. The number of carbonyl (C=O) groups is 1. The Balaban J connectivity index is 1.73. The van der Waals surface area contributed by atoms with Crippen LogP contribution in [-0.4, -0.2) is 33.7 Å². The van der Waals surface area contributed by atoms with Crippen molar-refractivity contribution >= 4 is 23.6 Å². The maximum absolute atomic E-state index is 13.6. The summed E-state index contributed by atoms with van der Waals surface area (Å²) in [5, 5.41) is 11.5. The highest BCUT2D eigenvalue weighted by atomic mass is 35.5. The predicted octanol–water partition coefficient (Wildman–Crippen LogP) is 3.09. The molecule has 37 heavy (non-hydrogen) atoms. The molecule has 0 fully saturated rings. The molecule has 0 bridgehead atoms. The van der Waals surface area contributed by atoms with Crippen LogP contribution >= 0.6 is 11.6 Å². The molecule has 0 spiro atoms. The lowest BCUT2D eigenvalue weighted by atomic mass is 10.0. The first-order valence-corrected chi connectivity index (χ1v) is 12.8. The van der Waals surface area contributed by atoms with Crippen molar-refractivity contribution in [2.24, 2.45) is 4.99 Å². The van der Waals surface area contributed by atoms with Crippen molar-refractivity contribution in [3.8, 4) is 22.5 Å². The summed E-state index contributed by atoms with van der Waals surface area (Å²) in [6.07, 6.45) is 4.42. The predicted molar refractivity (Wildman–Crippen MR) is 143 cm³/mol. The van der Waals surface area contributed by atoms with Crippen LogP contribution in [0.2, 0.25) is 5.02 Å². The summed E-state index contributed by atoms with van der Waals surface area (Å²) in [7, 11) is 0. The van der Waals surface area contributed by atoms with E-state index in [1.165, 1.54) is 6.92 Å². The Hall–Kier alpha value is -3.72. The van der Waals surface area contributed by atoms with Crippen LogP contribution in [0.1, 0.15) is 45.9 Å². The molecule has 1 aliphatic rings. The van der Waals surface area contributed by atoms with E-state index in [1.54, 1.807) is 17.6 Å². The number of hydrogen-bond donors (Lipinski definition) is 2. The molecule has 10 heteroatoms. The van der Waals surface area contributed by atoms with Gasteiger partial charge >= 0.3 is 0 Å².